The highest BCUT2D eigenvalue weighted by Gasteiger charge is 2.68. The number of nitrogens with one attached hydrogen (secondary N) is 1. The molecule has 4 aliphatic carbocycles. The summed E-state index contributed by atoms with van der Waals surface area (Å²) in [5, 5.41) is 23.5. The van der Waals surface area contributed by atoms with Gasteiger partial charge < -0.3 is 20.3 Å². The van der Waals surface area contributed by atoms with Crippen LogP contribution in [0.5, 0.6) is 0 Å². The zero-order chi connectivity index (χ0) is 30.3. The van der Waals surface area contributed by atoms with Crippen LogP contribution in [-0.4, -0.2) is 63.7 Å². The molecule has 0 aromatic carbocycles. The molecule has 10 nitrogen and oxygen atoms in total. The summed E-state index contributed by atoms with van der Waals surface area (Å²) in [5.41, 5.74) is -2.13. The smallest absolute Gasteiger partial charge is 0.326 e. The van der Waals surface area contributed by atoms with Gasteiger partial charge in [-0.25, -0.2) is 4.79 Å². The molecule has 3 saturated carbocycles. The SMILES string of the molecule is CC[C@H](C)[C@H](NC(=O)CCC(=O)OCC(=O)[C@@]1(O)CC[C@@H]2[C@H]3CCC4=CC(=O)CC[C@]4(C)[C@H]3C(=O)C[C@@]21C)C(=O)O. The molecule has 0 unspecified atom stereocenters. The number of hydrogen-bond donors (Lipinski definition) is 3. The molecule has 0 radical (unpaired) electrons. The number of ether oxygens (including phenoxy) is 1. The number of fused-ring (bicyclic) bond motifs is 5. The fourth-order valence-electron chi connectivity index (χ4n) is 8.33. The van der Waals surface area contributed by atoms with Crippen molar-refractivity contribution in [2.24, 2.45) is 34.5 Å². The minimum Gasteiger partial charge on any atom is -0.480 e. The highest BCUT2D eigenvalue weighted by molar-refractivity contribution is 5.95. The Morgan fingerprint density at radius 1 is 1.10 bits per heavy atom. The summed E-state index contributed by atoms with van der Waals surface area (Å²) >= 11 is 0. The molecule has 226 valence electrons. The average Bonchev–Trinajstić information content (AvgIpc) is 3.19. The van der Waals surface area contributed by atoms with Gasteiger partial charge in [-0.1, -0.05) is 39.7 Å². The molecule has 0 saturated heterocycles. The van der Waals surface area contributed by atoms with Crippen LogP contribution in [0.1, 0.15) is 91.9 Å². The van der Waals surface area contributed by atoms with Crippen LogP contribution in [0.2, 0.25) is 0 Å². The Hall–Kier alpha value is -2.88. The maximum Gasteiger partial charge on any atom is 0.326 e. The van der Waals surface area contributed by atoms with Crippen LogP contribution in [0.3, 0.4) is 0 Å². The van der Waals surface area contributed by atoms with Gasteiger partial charge >= 0.3 is 11.9 Å². The van der Waals surface area contributed by atoms with Gasteiger partial charge in [0.1, 0.15) is 17.4 Å². The summed E-state index contributed by atoms with van der Waals surface area (Å²) in [5.74, 6) is -3.68. The van der Waals surface area contributed by atoms with Crippen LogP contribution in [-0.2, 0) is 33.5 Å². The van der Waals surface area contributed by atoms with E-state index in [1.54, 1.807) is 19.9 Å². The van der Waals surface area contributed by atoms with E-state index in [1.807, 2.05) is 6.92 Å². The number of allylic oxidation sites excluding steroid dienone is 1. The Balaban J connectivity index is 1.37. The number of carbonyl (C=O) groups is 6. The van der Waals surface area contributed by atoms with Gasteiger partial charge in [-0.2, -0.15) is 0 Å². The fourth-order valence-corrected chi connectivity index (χ4v) is 8.33. The number of carboxylic acid groups (broad SMARTS) is 1. The van der Waals surface area contributed by atoms with Crippen LogP contribution in [0.4, 0.5) is 0 Å². The summed E-state index contributed by atoms with van der Waals surface area (Å²) < 4.78 is 5.14. The molecule has 0 aromatic heterocycles. The first-order chi connectivity index (χ1) is 19.2. The van der Waals surface area contributed by atoms with Crippen molar-refractivity contribution in [3.63, 3.8) is 0 Å². The average molecular weight is 574 g/mol. The summed E-state index contributed by atoms with van der Waals surface area (Å²) in [4.78, 5) is 75.1. The van der Waals surface area contributed by atoms with E-state index in [9.17, 15) is 39.0 Å². The highest BCUT2D eigenvalue weighted by Crippen LogP contribution is 2.66. The molecule has 3 N–H and O–H groups in total. The number of amides is 1. The Bertz CT molecular complexity index is 1180. The number of carbonyl (C=O) groups excluding carboxylic acids is 5. The van der Waals surface area contributed by atoms with E-state index in [4.69, 9.17) is 4.74 Å². The molecule has 0 aliphatic heterocycles. The minimum absolute atomic E-state index is 0.00421. The molecular formula is C31H43NO9. The van der Waals surface area contributed by atoms with Crippen molar-refractivity contribution in [2.75, 3.05) is 6.61 Å². The first-order valence-corrected chi connectivity index (χ1v) is 14.9. The summed E-state index contributed by atoms with van der Waals surface area (Å²) in [6.07, 6.45) is 4.96. The zero-order valence-corrected chi connectivity index (χ0v) is 24.5. The molecule has 0 aromatic rings. The third-order valence-corrected chi connectivity index (χ3v) is 11.0. The molecule has 0 heterocycles. The quantitative estimate of drug-likeness (QED) is 0.333. The van der Waals surface area contributed by atoms with Gasteiger partial charge in [0.2, 0.25) is 11.7 Å². The Morgan fingerprint density at radius 2 is 1.80 bits per heavy atom. The predicted octanol–water partition coefficient (Wildman–Crippen LogP) is 2.94. The lowest BCUT2D eigenvalue weighted by atomic mass is 9.46. The summed E-state index contributed by atoms with van der Waals surface area (Å²) in [6.45, 7) is 6.74. The zero-order valence-electron chi connectivity index (χ0n) is 24.5. The lowest BCUT2D eigenvalue weighted by molar-refractivity contribution is -0.173. The van der Waals surface area contributed by atoms with E-state index in [1.165, 1.54) is 0 Å². The van der Waals surface area contributed by atoms with Crippen molar-refractivity contribution < 1.29 is 43.7 Å². The molecule has 10 heteroatoms. The van der Waals surface area contributed by atoms with Gasteiger partial charge in [-0.05, 0) is 61.3 Å². The van der Waals surface area contributed by atoms with Crippen molar-refractivity contribution in [1.82, 2.24) is 5.32 Å². The van der Waals surface area contributed by atoms with Crippen molar-refractivity contribution in [1.29, 1.82) is 0 Å². The maximum atomic E-state index is 13.7. The van der Waals surface area contributed by atoms with Crippen molar-refractivity contribution >= 4 is 35.2 Å². The van der Waals surface area contributed by atoms with Crippen LogP contribution < -0.4 is 5.32 Å². The number of aliphatic hydroxyl groups is 1. The van der Waals surface area contributed by atoms with Gasteiger partial charge in [0.05, 0.1) is 6.42 Å². The maximum absolute atomic E-state index is 13.7. The molecule has 1 amide bonds. The van der Waals surface area contributed by atoms with E-state index in [0.717, 1.165) is 18.4 Å². The number of rotatable bonds is 10. The van der Waals surface area contributed by atoms with Crippen LogP contribution in [0.15, 0.2) is 11.6 Å². The third-order valence-electron chi connectivity index (χ3n) is 11.0. The van der Waals surface area contributed by atoms with E-state index in [2.05, 4.69) is 12.2 Å². The second-order valence-corrected chi connectivity index (χ2v) is 13.2. The van der Waals surface area contributed by atoms with Gasteiger partial charge in [-0.15, -0.1) is 0 Å². The summed E-state index contributed by atoms with van der Waals surface area (Å²) in [7, 11) is 0. The molecule has 4 aliphatic rings. The first kappa shape index (κ1) is 31.1. The molecule has 0 spiro atoms. The first-order valence-electron chi connectivity index (χ1n) is 14.9. The van der Waals surface area contributed by atoms with Crippen molar-refractivity contribution in [3.05, 3.63) is 11.6 Å². The monoisotopic (exact) mass is 573 g/mol. The van der Waals surface area contributed by atoms with E-state index in [-0.39, 0.29) is 66.3 Å². The van der Waals surface area contributed by atoms with Crippen LogP contribution in [0.25, 0.3) is 0 Å². The lowest BCUT2D eigenvalue weighted by Crippen LogP contribution is -2.61. The second-order valence-electron chi connectivity index (χ2n) is 13.2. The number of aliphatic carboxylic acids is 1. The molecule has 8 atom stereocenters. The lowest BCUT2D eigenvalue weighted by Gasteiger charge is -2.57. The normalized spacial score (nSPS) is 35.7. The van der Waals surface area contributed by atoms with Gasteiger partial charge in [0, 0.05) is 30.6 Å². The van der Waals surface area contributed by atoms with E-state index < -0.39 is 47.3 Å². The third kappa shape index (κ3) is 5.40. The highest BCUT2D eigenvalue weighted by atomic mass is 16.5. The Morgan fingerprint density at radius 3 is 2.46 bits per heavy atom. The second kappa shape index (κ2) is 11.4. The van der Waals surface area contributed by atoms with E-state index in [0.29, 0.717) is 25.7 Å². The topological polar surface area (TPSA) is 164 Å². The Labute approximate surface area is 240 Å². The van der Waals surface area contributed by atoms with Crippen molar-refractivity contribution in [3.8, 4) is 0 Å². The van der Waals surface area contributed by atoms with E-state index >= 15 is 0 Å². The largest absolute Gasteiger partial charge is 0.480 e. The molecule has 3 fully saturated rings. The van der Waals surface area contributed by atoms with Crippen LogP contribution in [0, 0.1) is 34.5 Å². The number of hydrogen-bond acceptors (Lipinski definition) is 8. The minimum atomic E-state index is -1.82. The predicted molar refractivity (Wildman–Crippen MR) is 146 cm³/mol. The molecular weight excluding hydrogens is 530 g/mol. The van der Waals surface area contributed by atoms with Crippen LogP contribution >= 0.6 is 0 Å². The van der Waals surface area contributed by atoms with Crippen molar-refractivity contribution in [2.45, 2.75) is 104 Å². The number of carboxylic acids is 1. The molecule has 4 rings (SSSR count). The number of Topliss-reactive ketones (excluding diaryl/α,β-unsaturated/α-hetero) is 2. The number of esters is 1. The van der Waals surface area contributed by atoms with Gasteiger partial charge in [0.25, 0.3) is 0 Å². The Kier molecular flexibility index (Phi) is 8.65. The standard InChI is InChI=1S/C31H43NO9/c1-5-17(2)27(28(38)39)32-24(36)8-9-25(37)41-16-23(35)31(40)13-11-21-20-7-6-18-14-19(33)10-12-29(18,3)26(20)22(34)15-30(21,31)4/h14,17,20-21,26-27,40H,5-13,15-16H2,1-4H3,(H,32,36)(H,38,39)/t17-,20+,21+,26+,27-,29-,30-,31-/m0/s1. The molecule has 0 bridgehead atoms. The fraction of sp³-hybridized carbons (Fsp3) is 0.742. The molecule has 41 heavy (non-hydrogen) atoms. The summed E-state index contributed by atoms with van der Waals surface area (Å²) in [6, 6.07) is -1.07. The van der Waals surface area contributed by atoms with Gasteiger partial charge in [0.15, 0.2) is 12.4 Å². The number of ketones is 3. The van der Waals surface area contributed by atoms with Gasteiger partial charge in [-0.3, -0.25) is 24.0 Å².